The molecule has 0 aliphatic carbocycles. The number of anilines is 1. The SMILES string of the molecule is Cc1c(Br)cccc1N1CCN(C(=O)O)CC1. The van der Waals surface area contributed by atoms with Gasteiger partial charge in [-0.25, -0.2) is 4.79 Å². The maximum atomic E-state index is 10.8. The molecule has 92 valence electrons. The van der Waals surface area contributed by atoms with Crippen LogP contribution in [0.25, 0.3) is 0 Å². The van der Waals surface area contributed by atoms with Gasteiger partial charge in [0.05, 0.1) is 0 Å². The Balaban J connectivity index is 2.10. The molecule has 0 aromatic heterocycles. The Labute approximate surface area is 109 Å². The lowest BCUT2D eigenvalue weighted by Gasteiger charge is -2.35. The zero-order valence-corrected chi connectivity index (χ0v) is 11.3. The van der Waals surface area contributed by atoms with Crippen molar-refractivity contribution in [1.29, 1.82) is 0 Å². The first-order valence-electron chi connectivity index (χ1n) is 5.57. The molecule has 0 bridgehead atoms. The first-order chi connectivity index (χ1) is 8.09. The molecule has 0 saturated carbocycles. The molecule has 4 nitrogen and oxygen atoms in total. The second kappa shape index (κ2) is 4.96. The molecule has 1 aliphatic heterocycles. The van der Waals surface area contributed by atoms with Crippen molar-refractivity contribution in [1.82, 2.24) is 4.90 Å². The van der Waals surface area contributed by atoms with Crippen LogP contribution in [-0.4, -0.2) is 42.3 Å². The van der Waals surface area contributed by atoms with Gasteiger partial charge in [-0.15, -0.1) is 0 Å². The Bertz CT molecular complexity index is 429. The number of carboxylic acid groups (broad SMARTS) is 1. The van der Waals surface area contributed by atoms with Crippen LogP contribution in [0.4, 0.5) is 10.5 Å². The van der Waals surface area contributed by atoms with Crippen molar-refractivity contribution in [3.05, 3.63) is 28.2 Å². The van der Waals surface area contributed by atoms with Gasteiger partial charge in [-0.3, -0.25) is 0 Å². The fourth-order valence-corrected chi connectivity index (χ4v) is 2.43. The number of hydrogen-bond donors (Lipinski definition) is 1. The van der Waals surface area contributed by atoms with Crippen LogP contribution in [0.3, 0.4) is 0 Å². The van der Waals surface area contributed by atoms with E-state index in [2.05, 4.69) is 33.8 Å². The van der Waals surface area contributed by atoms with Crippen molar-refractivity contribution in [2.24, 2.45) is 0 Å². The number of hydrogen-bond acceptors (Lipinski definition) is 2. The third-order valence-electron chi connectivity index (χ3n) is 3.13. The zero-order valence-electron chi connectivity index (χ0n) is 9.69. The highest BCUT2D eigenvalue weighted by Gasteiger charge is 2.21. The largest absolute Gasteiger partial charge is 0.465 e. The first kappa shape index (κ1) is 12.2. The molecule has 0 radical (unpaired) electrons. The maximum Gasteiger partial charge on any atom is 0.407 e. The first-order valence-corrected chi connectivity index (χ1v) is 6.37. The van der Waals surface area contributed by atoms with E-state index in [9.17, 15) is 4.79 Å². The van der Waals surface area contributed by atoms with Gasteiger partial charge in [-0.1, -0.05) is 22.0 Å². The van der Waals surface area contributed by atoms with Crippen LogP contribution in [0.1, 0.15) is 5.56 Å². The minimum Gasteiger partial charge on any atom is -0.465 e. The molecule has 1 heterocycles. The minimum absolute atomic E-state index is 0.571. The standard InChI is InChI=1S/C12H15BrN2O2/c1-9-10(13)3-2-4-11(9)14-5-7-15(8-6-14)12(16)17/h2-4H,5-8H2,1H3,(H,16,17). The fourth-order valence-electron chi connectivity index (χ4n) is 2.08. The second-order valence-electron chi connectivity index (χ2n) is 4.14. The summed E-state index contributed by atoms with van der Waals surface area (Å²) >= 11 is 3.52. The van der Waals surface area contributed by atoms with Gasteiger partial charge in [-0.05, 0) is 24.6 Å². The van der Waals surface area contributed by atoms with E-state index in [-0.39, 0.29) is 0 Å². The van der Waals surface area contributed by atoms with E-state index in [1.54, 1.807) is 0 Å². The van der Waals surface area contributed by atoms with Crippen molar-refractivity contribution in [3.8, 4) is 0 Å². The Morgan fingerprint density at radius 3 is 2.53 bits per heavy atom. The highest BCUT2D eigenvalue weighted by Crippen LogP contribution is 2.27. The zero-order chi connectivity index (χ0) is 12.4. The summed E-state index contributed by atoms with van der Waals surface area (Å²) in [6.07, 6.45) is -0.824. The molecular weight excluding hydrogens is 284 g/mol. The lowest BCUT2D eigenvalue weighted by molar-refractivity contribution is 0.142. The molecule has 0 unspecified atom stereocenters. The summed E-state index contributed by atoms with van der Waals surface area (Å²) in [7, 11) is 0. The average molecular weight is 299 g/mol. The number of benzene rings is 1. The number of piperazine rings is 1. The van der Waals surface area contributed by atoms with Crippen LogP contribution in [0.15, 0.2) is 22.7 Å². The van der Waals surface area contributed by atoms with Gasteiger partial charge in [0.2, 0.25) is 0 Å². The summed E-state index contributed by atoms with van der Waals surface area (Å²) in [5.74, 6) is 0. The van der Waals surface area contributed by atoms with Crippen molar-refractivity contribution >= 4 is 27.7 Å². The molecule has 1 aliphatic rings. The van der Waals surface area contributed by atoms with Gasteiger partial charge in [0, 0.05) is 36.3 Å². The van der Waals surface area contributed by atoms with Crippen LogP contribution in [0.5, 0.6) is 0 Å². The number of nitrogens with zero attached hydrogens (tertiary/aromatic N) is 2. The van der Waals surface area contributed by atoms with Gasteiger partial charge in [0.25, 0.3) is 0 Å². The van der Waals surface area contributed by atoms with Gasteiger partial charge in [0.15, 0.2) is 0 Å². The molecule has 1 N–H and O–H groups in total. The van der Waals surface area contributed by atoms with Crippen LogP contribution in [-0.2, 0) is 0 Å². The average Bonchev–Trinajstić information content (AvgIpc) is 2.33. The predicted molar refractivity (Wildman–Crippen MR) is 70.7 cm³/mol. The van der Waals surface area contributed by atoms with Gasteiger partial charge < -0.3 is 14.9 Å². The molecular formula is C12H15BrN2O2. The lowest BCUT2D eigenvalue weighted by Crippen LogP contribution is -2.48. The highest BCUT2D eigenvalue weighted by molar-refractivity contribution is 9.10. The molecule has 1 aromatic carbocycles. The number of amides is 1. The quantitative estimate of drug-likeness (QED) is 0.866. The number of carbonyl (C=O) groups is 1. The van der Waals surface area contributed by atoms with E-state index in [0.29, 0.717) is 13.1 Å². The van der Waals surface area contributed by atoms with Crippen molar-refractivity contribution in [2.75, 3.05) is 31.1 Å². The van der Waals surface area contributed by atoms with E-state index in [4.69, 9.17) is 5.11 Å². The molecule has 0 spiro atoms. The molecule has 1 saturated heterocycles. The number of halogens is 1. The topological polar surface area (TPSA) is 43.8 Å². The molecule has 2 rings (SSSR count). The fraction of sp³-hybridized carbons (Fsp3) is 0.417. The summed E-state index contributed by atoms with van der Waals surface area (Å²) in [6, 6.07) is 6.11. The van der Waals surface area contributed by atoms with Gasteiger partial charge >= 0.3 is 6.09 Å². The van der Waals surface area contributed by atoms with E-state index in [0.717, 1.165) is 17.6 Å². The normalized spacial score (nSPS) is 16.1. The van der Waals surface area contributed by atoms with E-state index in [1.165, 1.54) is 16.2 Å². The Hall–Kier alpha value is -1.23. The molecule has 5 heteroatoms. The Morgan fingerprint density at radius 1 is 1.29 bits per heavy atom. The monoisotopic (exact) mass is 298 g/mol. The Kier molecular flexibility index (Phi) is 3.57. The Morgan fingerprint density at radius 2 is 1.94 bits per heavy atom. The molecule has 1 aromatic rings. The van der Waals surface area contributed by atoms with E-state index in [1.807, 2.05) is 12.1 Å². The third kappa shape index (κ3) is 2.54. The van der Waals surface area contributed by atoms with Crippen LogP contribution < -0.4 is 4.90 Å². The van der Waals surface area contributed by atoms with Gasteiger partial charge in [0.1, 0.15) is 0 Å². The summed E-state index contributed by atoms with van der Waals surface area (Å²) in [5.41, 5.74) is 2.39. The minimum atomic E-state index is -0.824. The van der Waals surface area contributed by atoms with Crippen LogP contribution in [0.2, 0.25) is 0 Å². The van der Waals surface area contributed by atoms with Crippen molar-refractivity contribution in [3.63, 3.8) is 0 Å². The smallest absolute Gasteiger partial charge is 0.407 e. The molecule has 1 fully saturated rings. The molecule has 17 heavy (non-hydrogen) atoms. The molecule has 0 atom stereocenters. The van der Waals surface area contributed by atoms with Gasteiger partial charge in [-0.2, -0.15) is 0 Å². The third-order valence-corrected chi connectivity index (χ3v) is 3.99. The molecule has 1 amide bonds. The summed E-state index contributed by atoms with van der Waals surface area (Å²) < 4.78 is 1.09. The summed E-state index contributed by atoms with van der Waals surface area (Å²) in [6.45, 7) is 4.72. The highest BCUT2D eigenvalue weighted by atomic mass is 79.9. The van der Waals surface area contributed by atoms with E-state index < -0.39 is 6.09 Å². The lowest BCUT2D eigenvalue weighted by atomic mass is 10.1. The van der Waals surface area contributed by atoms with Crippen molar-refractivity contribution in [2.45, 2.75) is 6.92 Å². The maximum absolute atomic E-state index is 10.8. The summed E-state index contributed by atoms with van der Waals surface area (Å²) in [5, 5.41) is 8.89. The second-order valence-corrected chi connectivity index (χ2v) is 4.99. The van der Waals surface area contributed by atoms with Crippen LogP contribution in [0, 0.1) is 6.92 Å². The number of rotatable bonds is 1. The van der Waals surface area contributed by atoms with Crippen LogP contribution >= 0.6 is 15.9 Å². The van der Waals surface area contributed by atoms with Crippen molar-refractivity contribution < 1.29 is 9.90 Å². The predicted octanol–water partition coefficient (Wildman–Crippen LogP) is 2.56. The van der Waals surface area contributed by atoms with E-state index >= 15 is 0 Å². The summed E-state index contributed by atoms with van der Waals surface area (Å²) in [4.78, 5) is 14.5.